The first-order valence-corrected chi connectivity index (χ1v) is 10.2. The van der Waals surface area contributed by atoms with Crippen LogP contribution in [-0.2, 0) is 19.8 Å². The highest BCUT2D eigenvalue weighted by molar-refractivity contribution is 7.71. The molecule has 28 heavy (non-hydrogen) atoms. The summed E-state index contributed by atoms with van der Waals surface area (Å²) in [4.78, 5) is 2.39. The molecule has 1 aliphatic carbocycles. The monoisotopic (exact) mass is 396 g/mol. The third-order valence-electron chi connectivity index (χ3n) is 5.30. The standard InChI is InChI=1S/C22H25FN4S/c1-3-26-21(20-7-5-4-6-16(20)2)24-27(22(26)28)15-25(19-12-13-19)14-17-8-10-18(23)11-9-17/h4-11,19H,3,12-15H2,1-2H3. The van der Waals surface area contributed by atoms with E-state index in [1.807, 2.05) is 28.9 Å². The average Bonchev–Trinajstić information content (AvgIpc) is 3.49. The fourth-order valence-corrected chi connectivity index (χ4v) is 3.89. The van der Waals surface area contributed by atoms with Crippen LogP contribution in [0.25, 0.3) is 11.4 Å². The summed E-state index contributed by atoms with van der Waals surface area (Å²) in [6.07, 6.45) is 2.38. The van der Waals surface area contributed by atoms with Crippen LogP contribution >= 0.6 is 12.2 Å². The maximum absolute atomic E-state index is 13.2. The minimum Gasteiger partial charge on any atom is -0.300 e. The van der Waals surface area contributed by atoms with Crippen molar-refractivity contribution in [2.24, 2.45) is 0 Å². The zero-order valence-corrected chi connectivity index (χ0v) is 17.1. The van der Waals surface area contributed by atoms with Gasteiger partial charge in [0.25, 0.3) is 0 Å². The zero-order chi connectivity index (χ0) is 19.7. The lowest BCUT2D eigenvalue weighted by atomic mass is 10.1. The Morgan fingerprint density at radius 3 is 2.50 bits per heavy atom. The summed E-state index contributed by atoms with van der Waals surface area (Å²) in [5.74, 6) is 0.719. The van der Waals surface area contributed by atoms with Crippen molar-refractivity contribution >= 4 is 12.2 Å². The van der Waals surface area contributed by atoms with Crippen molar-refractivity contribution in [1.29, 1.82) is 0 Å². The van der Waals surface area contributed by atoms with Gasteiger partial charge >= 0.3 is 0 Å². The molecule has 1 aliphatic rings. The molecule has 0 spiro atoms. The van der Waals surface area contributed by atoms with Crippen LogP contribution in [0, 0.1) is 17.5 Å². The Morgan fingerprint density at radius 2 is 1.86 bits per heavy atom. The molecule has 1 aromatic heterocycles. The number of benzene rings is 2. The molecule has 1 saturated carbocycles. The highest BCUT2D eigenvalue weighted by Gasteiger charge is 2.30. The number of rotatable bonds is 7. The van der Waals surface area contributed by atoms with E-state index in [0.29, 0.717) is 12.7 Å². The van der Waals surface area contributed by atoms with Crippen molar-refractivity contribution in [3.05, 3.63) is 70.2 Å². The quantitative estimate of drug-likeness (QED) is 0.515. The van der Waals surface area contributed by atoms with Crippen LogP contribution in [0.2, 0.25) is 0 Å². The molecule has 0 amide bonds. The summed E-state index contributed by atoms with van der Waals surface area (Å²) in [5.41, 5.74) is 3.41. The van der Waals surface area contributed by atoms with Crippen molar-refractivity contribution in [3.63, 3.8) is 0 Å². The summed E-state index contributed by atoms with van der Waals surface area (Å²) < 4.78 is 18.0. The summed E-state index contributed by atoms with van der Waals surface area (Å²) >= 11 is 5.75. The molecule has 1 heterocycles. The van der Waals surface area contributed by atoms with Gasteiger partial charge < -0.3 is 4.57 Å². The molecule has 0 bridgehead atoms. The van der Waals surface area contributed by atoms with Crippen LogP contribution in [0.4, 0.5) is 4.39 Å². The number of halogens is 1. The minimum absolute atomic E-state index is 0.200. The maximum Gasteiger partial charge on any atom is 0.199 e. The average molecular weight is 397 g/mol. The molecule has 4 nitrogen and oxygen atoms in total. The van der Waals surface area contributed by atoms with E-state index in [-0.39, 0.29) is 5.82 Å². The van der Waals surface area contributed by atoms with Crippen LogP contribution in [0.15, 0.2) is 48.5 Å². The summed E-state index contributed by atoms with van der Waals surface area (Å²) in [6.45, 7) is 6.39. The van der Waals surface area contributed by atoms with Gasteiger partial charge in [0.15, 0.2) is 10.6 Å². The second kappa shape index (κ2) is 7.97. The summed E-state index contributed by atoms with van der Waals surface area (Å²) in [5, 5.41) is 4.89. The third-order valence-corrected chi connectivity index (χ3v) is 5.73. The molecule has 3 aromatic rings. The van der Waals surface area contributed by atoms with Gasteiger partial charge in [0, 0.05) is 24.7 Å². The molecule has 6 heteroatoms. The van der Waals surface area contributed by atoms with Gasteiger partial charge in [0.2, 0.25) is 0 Å². The molecule has 0 atom stereocenters. The van der Waals surface area contributed by atoms with Crippen LogP contribution < -0.4 is 0 Å². The molecule has 0 saturated heterocycles. The van der Waals surface area contributed by atoms with Gasteiger partial charge in [0.1, 0.15) is 5.82 Å². The van der Waals surface area contributed by atoms with Crippen molar-refractivity contribution in [1.82, 2.24) is 19.2 Å². The van der Waals surface area contributed by atoms with Crippen molar-refractivity contribution in [3.8, 4) is 11.4 Å². The number of aryl methyl sites for hydroxylation is 1. The van der Waals surface area contributed by atoms with Crippen molar-refractivity contribution in [2.45, 2.75) is 52.5 Å². The molecule has 0 unspecified atom stereocenters. The van der Waals surface area contributed by atoms with E-state index in [4.69, 9.17) is 17.3 Å². The molecule has 0 aliphatic heterocycles. The zero-order valence-electron chi connectivity index (χ0n) is 16.3. The van der Waals surface area contributed by atoms with Crippen molar-refractivity contribution < 1.29 is 4.39 Å². The molecule has 4 rings (SSSR count). The van der Waals surface area contributed by atoms with E-state index in [1.165, 1.54) is 30.5 Å². The maximum atomic E-state index is 13.2. The number of hydrogen-bond acceptors (Lipinski definition) is 3. The Kier molecular flexibility index (Phi) is 5.42. The summed E-state index contributed by atoms with van der Waals surface area (Å²) in [7, 11) is 0. The van der Waals surface area contributed by atoms with E-state index in [2.05, 4.69) is 35.4 Å². The van der Waals surface area contributed by atoms with E-state index in [9.17, 15) is 4.39 Å². The van der Waals surface area contributed by atoms with Gasteiger partial charge in [-0.05, 0) is 62.2 Å². The van der Waals surface area contributed by atoms with Gasteiger partial charge in [-0.1, -0.05) is 36.4 Å². The van der Waals surface area contributed by atoms with Crippen LogP contribution in [-0.4, -0.2) is 25.3 Å². The predicted molar refractivity (Wildman–Crippen MR) is 112 cm³/mol. The Bertz CT molecular complexity index is 1020. The second-order valence-corrected chi connectivity index (χ2v) is 7.78. The lowest BCUT2D eigenvalue weighted by Gasteiger charge is -2.21. The topological polar surface area (TPSA) is 26.0 Å². The second-order valence-electron chi connectivity index (χ2n) is 7.41. The SMILES string of the molecule is CCn1c(-c2ccccc2C)nn(CN(Cc2ccc(F)cc2)C2CC2)c1=S. The van der Waals surface area contributed by atoms with E-state index < -0.39 is 0 Å². The van der Waals surface area contributed by atoms with Crippen LogP contribution in [0.5, 0.6) is 0 Å². The normalized spacial score (nSPS) is 14.0. The van der Waals surface area contributed by atoms with E-state index in [0.717, 1.165) is 34.8 Å². The molecular formula is C22H25FN4S. The first-order valence-electron chi connectivity index (χ1n) is 9.79. The molecule has 146 valence electrons. The first-order chi connectivity index (χ1) is 13.6. The van der Waals surface area contributed by atoms with Gasteiger partial charge in [-0.3, -0.25) is 4.90 Å². The number of nitrogens with zero attached hydrogens (tertiary/aromatic N) is 4. The van der Waals surface area contributed by atoms with Gasteiger partial charge in [-0.15, -0.1) is 0 Å². The minimum atomic E-state index is -0.200. The largest absolute Gasteiger partial charge is 0.300 e. The van der Waals surface area contributed by atoms with Gasteiger partial charge in [-0.2, -0.15) is 5.10 Å². The Balaban J connectivity index is 1.64. The molecule has 0 N–H and O–H groups in total. The fourth-order valence-electron chi connectivity index (χ4n) is 3.57. The highest BCUT2D eigenvalue weighted by Crippen LogP contribution is 2.29. The fraction of sp³-hybridized carbons (Fsp3) is 0.364. The van der Waals surface area contributed by atoms with E-state index >= 15 is 0 Å². The Labute approximate surface area is 170 Å². The number of hydrogen-bond donors (Lipinski definition) is 0. The van der Waals surface area contributed by atoms with Gasteiger partial charge in [-0.25, -0.2) is 9.07 Å². The third kappa shape index (κ3) is 3.93. The van der Waals surface area contributed by atoms with E-state index in [1.54, 1.807) is 0 Å². The molecular weight excluding hydrogens is 371 g/mol. The van der Waals surface area contributed by atoms with Crippen LogP contribution in [0.3, 0.4) is 0 Å². The summed E-state index contributed by atoms with van der Waals surface area (Å²) in [6, 6.07) is 15.6. The molecule has 0 radical (unpaired) electrons. The lowest BCUT2D eigenvalue weighted by molar-refractivity contribution is 0.186. The molecule has 1 fully saturated rings. The highest BCUT2D eigenvalue weighted by atomic mass is 32.1. The Hall–Kier alpha value is -2.31. The number of aromatic nitrogens is 3. The lowest BCUT2D eigenvalue weighted by Crippen LogP contribution is -2.29. The first kappa shape index (κ1) is 19.0. The smallest absolute Gasteiger partial charge is 0.199 e. The van der Waals surface area contributed by atoms with Gasteiger partial charge in [0.05, 0.1) is 6.67 Å². The Morgan fingerprint density at radius 1 is 1.14 bits per heavy atom. The van der Waals surface area contributed by atoms with Crippen molar-refractivity contribution in [2.75, 3.05) is 0 Å². The molecule has 2 aromatic carbocycles. The van der Waals surface area contributed by atoms with Crippen LogP contribution in [0.1, 0.15) is 30.9 Å². The predicted octanol–water partition coefficient (Wildman–Crippen LogP) is 5.17.